The van der Waals surface area contributed by atoms with Gasteiger partial charge in [-0.1, -0.05) is 36.4 Å². The Morgan fingerprint density at radius 1 is 1.47 bits per heavy atom. The number of carbonyl (C=O) groups excluding carboxylic acids is 1. The Morgan fingerprint density at radius 3 is 2.71 bits per heavy atom. The van der Waals surface area contributed by atoms with Gasteiger partial charge in [-0.15, -0.1) is 6.58 Å². The average molecular weight is 231 g/mol. The van der Waals surface area contributed by atoms with Gasteiger partial charge in [-0.2, -0.15) is 0 Å². The lowest BCUT2D eigenvalue weighted by molar-refractivity contribution is -0.124. The highest BCUT2D eigenvalue weighted by molar-refractivity contribution is 5.77. The number of hydrogen-bond donors (Lipinski definition) is 0. The first kappa shape index (κ1) is 11.9. The van der Waals surface area contributed by atoms with Crippen LogP contribution in [0.4, 0.5) is 0 Å². The molecule has 1 saturated heterocycles. The minimum atomic E-state index is 0.0863. The number of benzene rings is 1. The molecule has 1 amide bonds. The predicted octanol–water partition coefficient (Wildman–Crippen LogP) is 1.99. The summed E-state index contributed by atoms with van der Waals surface area (Å²) in [5, 5.41) is 0. The van der Waals surface area contributed by atoms with Gasteiger partial charge in [-0.25, -0.2) is 0 Å². The zero-order chi connectivity index (χ0) is 12.3. The van der Waals surface area contributed by atoms with E-state index in [1.54, 1.807) is 17.9 Å². The molecule has 1 heterocycles. The number of amides is 1. The summed E-state index contributed by atoms with van der Waals surface area (Å²) in [5.41, 5.74) is 1.15. The van der Waals surface area contributed by atoms with Crippen LogP contribution in [0.15, 0.2) is 43.0 Å². The van der Waals surface area contributed by atoms with Crippen LogP contribution in [0.3, 0.4) is 0 Å². The van der Waals surface area contributed by atoms with Crippen molar-refractivity contribution in [2.75, 3.05) is 6.61 Å². The van der Waals surface area contributed by atoms with E-state index in [1.807, 2.05) is 30.3 Å². The molecule has 0 spiro atoms. The highest BCUT2D eigenvalue weighted by Crippen LogP contribution is 2.29. The van der Waals surface area contributed by atoms with Gasteiger partial charge in [0.15, 0.2) is 0 Å². The Bertz CT molecular complexity index is 402. The first-order valence-corrected chi connectivity index (χ1v) is 5.77. The normalized spacial score (nSPS) is 22.3. The predicted molar refractivity (Wildman–Crippen MR) is 66.4 cm³/mol. The smallest absolute Gasteiger partial charge is 0.220 e. The maximum absolute atomic E-state index is 11.2. The van der Waals surface area contributed by atoms with E-state index in [0.29, 0.717) is 13.2 Å². The molecule has 0 saturated carbocycles. The van der Waals surface area contributed by atoms with Crippen molar-refractivity contribution in [3.8, 4) is 0 Å². The average Bonchev–Trinajstić information content (AvgIpc) is 3.04. The molecule has 0 radical (unpaired) electrons. The minimum Gasteiger partial charge on any atom is -0.375 e. The summed E-state index contributed by atoms with van der Waals surface area (Å²) >= 11 is 0. The summed E-state index contributed by atoms with van der Waals surface area (Å²) in [4.78, 5) is 13.0. The molecule has 1 aromatic carbocycles. The maximum atomic E-state index is 11.2. The lowest BCUT2D eigenvalue weighted by Gasteiger charge is -2.03. The van der Waals surface area contributed by atoms with E-state index in [-0.39, 0.29) is 18.0 Å². The SMILES string of the molecule is C=C[C@H]1[C@@H](COCc2ccccc2)N1C(C)=O. The van der Waals surface area contributed by atoms with Crippen LogP contribution in [0.5, 0.6) is 0 Å². The Kier molecular flexibility index (Phi) is 3.59. The first-order chi connectivity index (χ1) is 8.24. The lowest BCUT2D eigenvalue weighted by atomic mass is 10.2. The van der Waals surface area contributed by atoms with Crippen LogP contribution < -0.4 is 0 Å². The molecule has 3 heteroatoms. The second kappa shape index (κ2) is 5.15. The van der Waals surface area contributed by atoms with Crippen molar-refractivity contribution in [3.05, 3.63) is 48.6 Å². The molecule has 90 valence electrons. The van der Waals surface area contributed by atoms with Crippen molar-refractivity contribution in [2.45, 2.75) is 25.6 Å². The van der Waals surface area contributed by atoms with Gasteiger partial charge in [0.1, 0.15) is 0 Å². The summed E-state index contributed by atoms with van der Waals surface area (Å²) < 4.78 is 5.61. The van der Waals surface area contributed by atoms with Crippen molar-refractivity contribution in [2.24, 2.45) is 0 Å². The van der Waals surface area contributed by atoms with E-state index in [0.717, 1.165) is 5.56 Å². The largest absolute Gasteiger partial charge is 0.375 e. The third kappa shape index (κ3) is 2.74. The van der Waals surface area contributed by atoms with E-state index in [1.165, 1.54) is 0 Å². The second-order valence-corrected chi connectivity index (χ2v) is 4.22. The number of rotatable bonds is 5. The lowest BCUT2D eigenvalue weighted by Crippen LogP contribution is -2.12. The van der Waals surface area contributed by atoms with Gasteiger partial charge >= 0.3 is 0 Å². The molecule has 2 rings (SSSR count). The summed E-state index contributed by atoms with van der Waals surface area (Å²) in [6, 6.07) is 10.3. The molecule has 1 aliphatic rings. The van der Waals surface area contributed by atoms with E-state index in [2.05, 4.69) is 6.58 Å². The Morgan fingerprint density at radius 2 is 2.18 bits per heavy atom. The highest BCUT2D eigenvalue weighted by atomic mass is 16.5. The fourth-order valence-corrected chi connectivity index (χ4v) is 2.07. The molecule has 0 aliphatic carbocycles. The fraction of sp³-hybridized carbons (Fsp3) is 0.357. The van der Waals surface area contributed by atoms with Gasteiger partial charge in [-0.05, 0) is 5.56 Å². The highest BCUT2D eigenvalue weighted by Gasteiger charge is 2.47. The van der Waals surface area contributed by atoms with Crippen LogP contribution in [0, 0.1) is 0 Å². The molecule has 0 aromatic heterocycles. The standard InChI is InChI=1S/C14H17NO2/c1-3-13-14(15(13)11(2)16)10-17-9-12-7-5-4-6-8-12/h3-8,13-14H,1,9-10H2,2H3/t13-,14+,15?/m0/s1. The van der Waals surface area contributed by atoms with Crippen molar-refractivity contribution in [1.29, 1.82) is 0 Å². The molecule has 0 unspecified atom stereocenters. The molecule has 1 fully saturated rings. The number of carbonyl (C=O) groups is 1. The van der Waals surface area contributed by atoms with Gasteiger partial charge in [0.05, 0.1) is 25.3 Å². The summed E-state index contributed by atoms with van der Waals surface area (Å²) in [5.74, 6) is 0.0863. The van der Waals surface area contributed by atoms with Gasteiger partial charge < -0.3 is 9.64 Å². The molecule has 3 nitrogen and oxygen atoms in total. The van der Waals surface area contributed by atoms with Crippen LogP contribution in [0.2, 0.25) is 0 Å². The van der Waals surface area contributed by atoms with E-state index >= 15 is 0 Å². The fourth-order valence-electron chi connectivity index (χ4n) is 2.07. The number of hydrogen-bond acceptors (Lipinski definition) is 2. The Labute approximate surface area is 102 Å². The molecule has 2 atom stereocenters. The van der Waals surface area contributed by atoms with Gasteiger partial charge in [0.25, 0.3) is 0 Å². The van der Waals surface area contributed by atoms with Crippen LogP contribution in [0.1, 0.15) is 12.5 Å². The molecule has 0 bridgehead atoms. The van der Waals surface area contributed by atoms with Crippen LogP contribution in [-0.4, -0.2) is 29.5 Å². The Hall–Kier alpha value is -1.61. The number of ether oxygens (including phenoxy) is 1. The minimum absolute atomic E-state index is 0.0863. The van der Waals surface area contributed by atoms with Crippen molar-refractivity contribution in [1.82, 2.24) is 4.90 Å². The third-order valence-corrected chi connectivity index (χ3v) is 2.99. The van der Waals surface area contributed by atoms with Crippen LogP contribution in [-0.2, 0) is 16.1 Å². The molecular weight excluding hydrogens is 214 g/mol. The summed E-state index contributed by atoms with van der Waals surface area (Å²) in [7, 11) is 0. The number of nitrogens with zero attached hydrogens (tertiary/aromatic N) is 1. The van der Waals surface area contributed by atoms with E-state index < -0.39 is 0 Å². The van der Waals surface area contributed by atoms with Gasteiger partial charge in [0.2, 0.25) is 5.91 Å². The van der Waals surface area contributed by atoms with Crippen molar-refractivity contribution in [3.63, 3.8) is 0 Å². The monoisotopic (exact) mass is 231 g/mol. The van der Waals surface area contributed by atoms with Crippen molar-refractivity contribution >= 4 is 5.91 Å². The topological polar surface area (TPSA) is 29.3 Å². The zero-order valence-electron chi connectivity index (χ0n) is 10.0. The molecule has 1 aromatic rings. The van der Waals surface area contributed by atoms with Crippen molar-refractivity contribution < 1.29 is 9.53 Å². The van der Waals surface area contributed by atoms with Gasteiger partial charge in [-0.3, -0.25) is 4.79 Å². The van der Waals surface area contributed by atoms with Crippen LogP contribution >= 0.6 is 0 Å². The van der Waals surface area contributed by atoms with Crippen LogP contribution in [0.25, 0.3) is 0 Å². The third-order valence-electron chi connectivity index (χ3n) is 2.99. The van der Waals surface area contributed by atoms with E-state index in [4.69, 9.17) is 4.74 Å². The first-order valence-electron chi connectivity index (χ1n) is 5.77. The molecule has 1 aliphatic heterocycles. The maximum Gasteiger partial charge on any atom is 0.220 e. The van der Waals surface area contributed by atoms with Gasteiger partial charge in [0, 0.05) is 6.92 Å². The molecule has 17 heavy (non-hydrogen) atoms. The quantitative estimate of drug-likeness (QED) is 0.573. The van der Waals surface area contributed by atoms with E-state index in [9.17, 15) is 4.79 Å². The zero-order valence-corrected chi connectivity index (χ0v) is 10.0. The summed E-state index contributed by atoms with van der Waals surface area (Å²) in [6.07, 6.45) is 1.80. The Balaban J connectivity index is 1.77. The molecule has 0 N–H and O–H groups in total. The summed E-state index contributed by atoms with van der Waals surface area (Å²) in [6.45, 7) is 6.46. The molecular formula is C14H17NO2. The second-order valence-electron chi connectivity index (χ2n) is 4.22.